The van der Waals surface area contributed by atoms with Crippen molar-refractivity contribution >= 4 is 57.4 Å². The van der Waals surface area contributed by atoms with Gasteiger partial charge in [0.15, 0.2) is 0 Å². The molecule has 0 amide bonds. The first-order valence-electron chi connectivity index (χ1n) is 10.8. The van der Waals surface area contributed by atoms with E-state index >= 15 is 0 Å². The quantitative estimate of drug-likeness (QED) is 0.169. The molecular formula is C28H30Cl2NiP2. The van der Waals surface area contributed by atoms with Crippen molar-refractivity contribution < 1.29 is 12.7 Å². The zero-order valence-electron chi connectivity index (χ0n) is 18.9. The van der Waals surface area contributed by atoms with Crippen LogP contribution in [0.1, 0.15) is 13.8 Å². The van der Waals surface area contributed by atoms with Gasteiger partial charge in [0, 0.05) is 0 Å². The Morgan fingerprint density at radius 2 is 0.636 bits per heavy atom. The van der Waals surface area contributed by atoms with Crippen LogP contribution >= 0.6 is 36.2 Å². The summed E-state index contributed by atoms with van der Waals surface area (Å²) in [5.41, 5.74) is 0. The van der Waals surface area contributed by atoms with Gasteiger partial charge in [0.25, 0.3) is 0 Å². The van der Waals surface area contributed by atoms with Crippen molar-refractivity contribution in [3.8, 4) is 0 Å². The summed E-state index contributed by atoms with van der Waals surface area (Å²) in [6.45, 7) is 4.54. The summed E-state index contributed by atoms with van der Waals surface area (Å²) < 4.78 is 0. The Kier molecular flexibility index (Phi) is 14.7. The van der Waals surface area contributed by atoms with Crippen LogP contribution in [0.15, 0.2) is 121 Å². The molecule has 4 aromatic rings. The van der Waals surface area contributed by atoms with Gasteiger partial charge in [0.1, 0.15) is 0 Å². The molecule has 0 radical (unpaired) electrons. The Labute approximate surface area is 216 Å². The van der Waals surface area contributed by atoms with Crippen LogP contribution in [-0.4, -0.2) is 12.3 Å². The van der Waals surface area contributed by atoms with Crippen LogP contribution in [0.25, 0.3) is 0 Å². The topological polar surface area (TPSA) is 0 Å². The standard InChI is InChI=1S/2C14H15P.2ClH.Ni/c2*1-2-15(13-9-5-3-6-10-13)14-11-7-4-8-12-14;;;/h2*3-12H,2H2,1H3;2*1H;/q;;;;+2/p-2. The van der Waals surface area contributed by atoms with Crippen LogP contribution < -0.4 is 21.2 Å². The van der Waals surface area contributed by atoms with Crippen molar-refractivity contribution in [3.63, 3.8) is 0 Å². The normalized spacial score (nSPS) is 10.2. The molecule has 0 atom stereocenters. The van der Waals surface area contributed by atoms with Crippen LogP contribution in [0.2, 0.25) is 0 Å². The second-order valence-electron chi connectivity index (χ2n) is 6.88. The van der Waals surface area contributed by atoms with Crippen molar-refractivity contribution in [2.45, 2.75) is 13.8 Å². The number of halogens is 2. The Bertz CT molecular complexity index is 825. The third kappa shape index (κ3) is 9.91. The summed E-state index contributed by atoms with van der Waals surface area (Å²) in [7, 11) is 9.11. The molecule has 4 rings (SSSR count). The molecule has 5 heteroatoms. The van der Waals surface area contributed by atoms with Gasteiger partial charge in [0.2, 0.25) is 0 Å². The predicted octanol–water partition coefficient (Wildman–Crippen LogP) is 7.65. The fraction of sp³-hybridized carbons (Fsp3) is 0.143. The SMILES string of the molecule is CCP(c1ccccc1)c1ccccc1.CCP(c1ccccc1)c1ccccc1.[Cl][Ni][Cl]. The molecule has 0 saturated carbocycles. The summed E-state index contributed by atoms with van der Waals surface area (Å²) in [5.74, 6) is 0. The predicted molar refractivity (Wildman–Crippen MR) is 151 cm³/mol. The first-order valence-corrected chi connectivity index (χ1v) is 16.6. The van der Waals surface area contributed by atoms with Gasteiger partial charge in [-0.1, -0.05) is 135 Å². The van der Waals surface area contributed by atoms with Crippen LogP contribution in [-0.2, 0) is 12.7 Å². The zero-order valence-corrected chi connectivity index (χ0v) is 23.2. The van der Waals surface area contributed by atoms with Gasteiger partial charge >= 0.3 is 33.0 Å². The Morgan fingerprint density at radius 1 is 0.455 bits per heavy atom. The molecule has 0 saturated heterocycles. The molecule has 0 bridgehead atoms. The Hall–Kier alpha value is -1.19. The molecule has 0 N–H and O–H groups in total. The number of rotatable bonds is 6. The van der Waals surface area contributed by atoms with E-state index in [0.29, 0.717) is 12.7 Å². The molecular weight excluding hydrogens is 528 g/mol. The van der Waals surface area contributed by atoms with E-state index in [-0.39, 0.29) is 15.8 Å². The van der Waals surface area contributed by atoms with E-state index in [1.54, 1.807) is 0 Å². The molecule has 0 aliphatic carbocycles. The summed E-state index contributed by atoms with van der Waals surface area (Å²) in [4.78, 5) is 0. The molecule has 0 spiro atoms. The molecule has 0 heterocycles. The van der Waals surface area contributed by atoms with Crippen molar-refractivity contribution in [2.24, 2.45) is 0 Å². The first kappa shape index (κ1) is 28.1. The van der Waals surface area contributed by atoms with Gasteiger partial charge in [-0.2, -0.15) is 0 Å². The molecule has 0 nitrogen and oxygen atoms in total. The van der Waals surface area contributed by atoms with Gasteiger partial charge in [0.05, 0.1) is 0 Å². The van der Waals surface area contributed by atoms with Gasteiger partial charge in [-0.15, -0.1) is 0 Å². The van der Waals surface area contributed by atoms with Crippen LogP contribution in [0, 0.1) is 0 Å². The van der Waals surface area contributed by atoms with E-state index < -0.39 is 0 Å². The van der Waals surface area contributed by atoms with E-state index in [1.165, 1.54) is 33.5 Å². The third-order valence-electron chi connectivity index (χ3n) is 4.90. The van der Waals surface area contributed by atoms with Gasteiger partial charge in [-0.3, -0.25) is 0 Å². The van der Waals surface area contributed by atoms with E-state index in [9.17, 15) is 0 Å². The molecule has 4 aromatic carbocycles. The third-order valence-corrected chi connectivity index (χ3v) is 9.85. The van der Waals surface area contributed by atoms with Crippen LogP contribution in [0.5, 0.6) is 0 Å². The molecule has 176 valence electrons. The van der Waals surface area contributed by atoms with E-state index in [1.807, 2.05) is 0 Å². The summed E-state index contributed by atoms with van der Waals surface area (Å²) in [5, 5.41) is 5.89. The van der Waals surface area contributed by atoms with Crippen LogP contribution in [0.4, 0.5) is 0 Å². The maximum absolute atomic E-state index is 4.70. The molecule has 0 aliphatic rings. The fourth-order valence-corrected chi connectivity index (χ4v) is 7.65. The van der Waals surface area contributed by atoms with Gasteiger partial charge in [-0.25, -0.2) is 0 Å². The summed E-state index contributed by atoms with van der Waals surface area (Å²) >= 11 is 0.569. The van der Waals surface area contributed by atoms with Crippen molar-refractivity contribution in [3.05, 3.63) is 121 Å². The second kappa shape index (κ2) is 17.3. The fourth-order valence-electron chi connectivity index (χ4n) is 3.46. The van der Waals surface area contributed by atoms with E-state index in [0.717, 1.165) is 0 Å². The van der Waals surface area contributed by atoms with E-state index in [2.05, 4.69) is 135 Å². The zero-order chi connectivity index (χ0) is 23.7. The minimum absolute atomic E-state index is 0.149. The first-order chi connectivity index (χ1) is 16.2. The molecule has 0 aliphatic heterocycles. The molecule has 0 fully saturated rings. The Balaban J connectivity index is 0.000000209. The van der Waals surface area contributed by atoms with Crippen molar-refractivity contribution in [1.29, 1.82) is 0 Å². The molecule has 33 heavy (non-hydrogen) atoms. The average Bonchev–Trinajstić information content (AvgIpc) is 2.89. The maximum atomic E-state index is 4.70. The molecule has 0 unspecified atom stereocenters. The minimum atomic E-state index is -0.149. The van der Waals surface area contributed by atoms with Gasteiger partial charge in [-0.05, 0) is 49.4 Å². The average molecular weight is 558 g/mol. The van der Waals surface area contributed by atoms with E-state index in [4.69, 9.17) is 20.4 Å². The Morgan fingerprint density at radius 3 is 0.788 bits per heavy atom. The second-order valence-corrected chi connectivity index (χ2v) is 13.5. The number of hydrogen-bond donors (Lipinski definition) is 0. The monoisotopic (exact) mass is 556 g/mol. The summed E-state index contributed by atoms with van der Waals surface area (Å²) in [6.07, 6.45) is 2.42. The van der Waals surface area contributed by atoms with Crippen LogP contribution in [0.3, 0.4) is 0 Å². The molecule has 0 aromatic heterocycles. The van der Waals surface area contributed by atoms with Crippen molar-refractivity contribution in [1.82, 2.24) is 0 Å². The summed E-state index contributed by atoms with van der Waals surface area (Å²) in [6, 6.07) is 43.3. The number of benzene rings is 4. The van der Waals surface area contributed by atoms with Crippen molar-refractivity contribution in [2.75, 3.05) is 12.3 Å². The van der Waals surface area contributed by atoms with Gasteiger partial charge < -0.3 is 0 Å². The number of hydrogen-bond acceptors (Lipinski definition) is 0.